The van der Waals surface area contributed by atoms with Gasteiger partial charge in [0, 0.05) is 11.6 Å². The topological polar surface area (TPSA) is 68.3 Å². The van der Waals surface area contributed by atoms with Crippen LogP contribution in [0, 0.1) is 0 Å². The van der Waals surface area contributed by atoms with Gasteiger partial charge in [0.15, 0.2) is 5.76 Å². The molecule has 0 bridgehead atoms. The molecule has 5 nitrogen and oxygen atoms in total. The minimum atomic E-state index is -0.240. The summed E-state index contributed by atoms with van der Waals surface area (Å²) in [5.41, 5.74) is 0.949. The summed E-state index contributed by atoms with van der Waals surface area (Å²) in [6, 6.07) is 13.2. The Balaban J connectivity index is 1.56. The molecule has 0 radical (unpaired) electrons. The van der Waals surface area contributed by atoms with E-state index in [9.17, 15) is 4.79 Å². The third-order valence-electron chi connectivity index (χ3n) is 2.97. The molecule has 0 aliphatic heterocycles. The summed E-state index contributed by atoms with van der Waals surface area (Å²) in [5, 5.41) is 2.70. The molecular formula is C17H14N2O3. The highest BCUT2D eigenvalue weighted by atomic mass is 16.4. The Morgan fingerprint density at radius 3 is 2.82 bits per heavy atom. The number of hydrogen-bond donors (Lipinski definition) is 1. The zero-order chi connectivity index (χ0) is 15.2. The Kier molecular flexibility index (Phi) is 4.15. The van der Waals surface area contributed by atoms with Gasteiger partial charge >= 0.3 is 0 Å². The number of rotatable bonds is 5. The molecule has 3 aromatic rings. The number of nitrogens with zero attached hydrogens (tertiary/aromatic N) is 1. The second-order valence-corrected chi connectivity index (χ2v) is 4.55. The molecule has 0 fully saturated rings. The second kappa shape index (κ2) is 6.58. The fraction of sp³-hybridized carbons (Fsp3) is 0.0588. The highest BCUT2D eigenvalue weighted by Crippen LogP contribution is 2.19. The summed E-state index contributed by atoms with van der Waals surface area (Å²) in [6.07, 6.45) is 6.20. The van der Waals surface area contributed by atoms with Crippen molar-refractivity contribution < 1.29 is 13.6 Å². The number of oxazole rings is 1. The monoisotopic (exact) mass is 294 g/mol. The van der Waals surface area contributed by atoms with Gasteiger partial charge in [0.25, 0.3) is 0 Å². The zero-order valence-electron chi connectivity index (χ0n) is 11.7. The van der Waals surface area contributed by atoms with Crippen molar-refractivity contribution in [3.8, 4) is 11.3 Å². The van der Waals surface area contributed by atoms with Gasteiger partial charge in [-0.3, -0.25) is 4.79 Å². The molecule has 1 N–H and O–H groups in total. The SMILES string of the molecule is O=C(/C=C/c1ccco1)NCc1ncc(-c2ccccc2)o1. The minimum Gasteiger partial charge on any atom is -0.465 e. The first kappa shape index (κ1) is 13.9. The Hall–Kier alpha value is -3.08. The second-order valence-electron chi connectivity index (χ2n) is 4.55. The van der Waals surface area contributed by atoms with Crippen molar-refractivity contribution >= 4 is 12.0 Å². The van der Waals surface area contributed by atoms with Crippen LogP contribution >= 0.6 is 0 Å². The van der Waals surface area contributed by atoms with E-state index in [0.717, 1.165) is 5.56 Å². The first-order valence-corrected chi connectivity index (χ1v) is 6.81. The fourth-order valence-electron chi connectivity index (χ4n) is 1.89. The van der Waals surface area contributed by atoms with E-state index >= 15 is 0 Å². The molecule has 2 aromatic heterocycles. The lowest BCUT2D eigenvalue weighted by Crippen LogP contribution is -2.20. The van der Waals surface area contributed by atoms with E-state index in [0.29, 0.717) is 17.4 Å². The van der Waals surface area contributed by atoms with Crippen molar-refractivity contribution in [2.75, 3.05) is 0 Å². The van der Waals surface area contributed by atoms with E-state index in [1.165, 1.54) is 6.08 Å². The predicted octanol–water partition coefficient (Wildman–Crippen LogP) is 3.26. The number of carbonyl (C=O) groups is 1. The van der Waals surface area contributed by atoms with E-state index in [1.54, 1.807) is 30.7 Å². The third-order valence-corrected chi connectivity index (χ3v) is 2.97. The average molecular weight is 294 g/mol. The summed E-state index contributed by atoms with van der Waals surface area (Å²) < 4.78 is 10.7. The molecular weight excluding hydrogens is 280 g/mol. The van der Waals surface area contributed by atoms with E-state index in [1.807, 2.05) is 30.3 Å². The molecule has 0 aliphatic carbocycles. The third kappa shape index (κ3) is 3.52. The van der Waals surface area contributed by atoms with Crippen molar-refractivity contribution in [2.45, 2.75) is 6.54 Å². The minimum absolute atomic E-state index is 0.230. The number of hydrogen-bond acceptors (Lipinski definition) is 4. The molecule has 0 atom stereocenters. The fourth-order valence-corrected chi connectivity index (χ4v) is 1.89. The van der Waals surface area contributed by atoms with Crippen LogP contribution in [-0.2, 0) is 11.3 Å². The van der Waals surface area contributed by atoms with Crippen molar-refractivity contribution in [3.05, 3.63) is 72.7 Å². The van der Waals surface area contributed by atoms with Gasteiger partial charge in [-0.15, -0.1) is 0 Å². The van der Waals surface area contributed by atoms with E-state index in [4.69, 9.17) is 8.83 Å². The smallest absolute Gasteiger partial charge is 0.244 e. The first-order valence-electron chi connectivity index (χ1n) is 6.81. The van der Waals surface area contributed by atoms with Crippen molar-refractivity contribution in [1.82, 2.24) is 10.3 Å². The van der Waals surface area contributed by atoms with Crippen molar-refractivity contribution in [2.24, 2.45) is 0 Å². The van der Waals surface area contributed by atoms with Gasteiger partial charge in [-0.25, -0.2) is 4.98 Å². The Morgan fingerprint density at radius 2 is 2.05 bits per heavy atom. The maximum absolute atomic E-state index is 11.7. The van der Waals surface area contributed by atoms with Crippen molar-refractivity contribution in [1.29, 1.82) is 0 Å². The molecule has 5 heteroatoms. The molecule has 2 heterocycles. The predicted molar refractivity (Wildman–Crippen MR) is 81.5 cm³/mol. The average Bonchev–Trinajstić information content (AvgIpc) is 3.23. The summed E-state index contributed by atoms with van der Waals surface area (Å²) in [6.45, 7) is 0.230. The highest BCUT2D eigenvalue weighted by molar-refractivity contribution is 5.91. The maximum atomic E-state index is 11.7. The first-order chi connectivity index (χ1) is 10.8. The number of aromatic nitrogens is 1. The molecule has 0 saturated carbocycles. The highest BCUT2D eigenvalue weighted by Gasteiger charge is 2.06. The summed E-state index contributed by atoms with van der Waals surface area (Å²) >= 11 is 0. The van der Waals surface area contributed by atoms with Crippen LogP contribution in [0.25, 0.3) is 17.4 Å². The van der Waals surface area contributed by atoms with Crippen LogP contribution in [0.15, 0.2) is 69.8 Å². The molecule has 0 aliphatic rings. The number of furan rings is 1. The summed E-state index contributed by atoms with van der Waals surface area (Å²) in [7, 11) is 0. The molecule has 0 spiro atoms. The lowest BCUT2D eigenvalue weighted by atomic mass is 10.2. The molecule has 1 amide bonds. The maximum Gasteiger partial charge on any atom is 0.244 e. The van der Waals surface area contributed by atoms with Gasteiger partial charge in [-0.1, -0.05) is 30.3 Å². The molecule has 0 saturated heterocycles. The summed E-state index contributed by atoms with van der Waals surface area (Å²) in [5.74, 6) is 1.52. The quantitative estimate of drug-likeness (QED) is 0.733. The van der Waals surface area contributed by atoms with Crippen LogP contribution in [0.1, 0.15) is 11.7 Å². The van der Waals surface area contributed by atoms with Gasteiger partial charge < -0.3 is 14.2 Å². The molecule has 0 unspecified atom stereocenters. The molecule has 110 valence electrons. The Labute approximate surface area is 127 Å². The van der Waals surface area contributed by atoms with Gasteiger partial charge in [-0.05, 0) is 18.2 Å². The van der Waals surface area contributed by atoms with Crippen LogP contribution in [0.5, 0.6) is 0 Å². The largest absolute Gasteiger partial charge is 0.465 e. The van der Waals surface area contributed by atoms with Crippen LogP contribution in [0.3, 0.4) is 0 Å². The van der Waals surface area contributed by atoms with Crippen LogP contribution in [0.4, 0.5) is 0 Å². The number of amides is 1. The number of benzene rings is 1. The lowest BCUT2D eigenvalue weighted by Gasteiger charge is -1.98. The zero-order valence-corrected chi connectivity index (χ0v) is 11.7. The van der Waals surface area contributed by atoms with Gasteiger partial charge in [0.2, 0.25) is 11.8 Å². The van der Waals surface area contributed by atoms with Crippen LogP contribution < -0.4 is 5.32 Å². The van der Waals surface area contributed by atoms with E-state index < -0.39 is 0 Å². The Bertz CT molecular complexity index is 758. The summed E-state index contributed by atoms with van der Waals surface area (Å²) in [4.78, 5) is 15.8. The van der Waals surface area contributed by atoms with E-state index in [-0.39, 0.29) is 12.5 Å². The molecule has 1 aromatic carbocycles. The lowest BCUT2D eigenvalue weighted by molar-refractivity contribution is -0.116. The standard InChI is InChI=1S/C17H14N2O3/c20-16(9-8-14-7-4-10-21-14)18-12-17-19-11-15(22-17)13-5-2-1-3-6-13/h1-11H,12H2,(H,18,20)/b9-8+. The van der Waals surface area contributed by atoms with Gasteiger partial charge in [0.1, 0.15) is 5.76 Å². The molecule has 22 heavy (non-hydrogen) atoms. The van der Waals surface area contributed by atoms with Gasteiger partial charge in [-0.2, -0.15) is 0 Å². The number of carbonyl (C=O) groups excluding carboxylic acids is 1. The van der Waals surface area contributed by atoms with Gasteiger partial charge in [0.05, 0.1) is 19.0 Å². The Morgan fingerprint density at radius 1 is 1.18 bits per heavy atom. The molecule has 3 rings (SSSR count). The van der Waals surface area contributed by atoms with Crippen LogP contribution in [-0.4, -0.2) is 10.9 Å². The van der Waals surface area contributed by atoms with E-state index in [2.05, 4.69) is 10.3 Å². The normalized spacial score (nSPS) is 10.9. The van der Waals surface area contributed by atoms with Crippen LogP contribution in [0.2, 0.25) is 0 Å². The number of nitrogens with one attached hydrogen (secondary N) is 1. The van der Waals surface area contributed by atoms with Crippen molar-refractivity contribution in [3.63, 3.8) is 0 Å².